The van der Waals surface area contributed by atoms with Crippen molar-refractivity contribution in [1.82, 2.24) is 0 Å². The molecule has 4 heteroatoms. The zero-order valence-corrected chi connectivity index (χ0v) is 10.5. The summed E-state index contributed by atoms with van der Waals surface area (Å²) in [5.41, 5.74) is 0.0486. The Balaban J connectivity index is 1.92. The van der Waals surface area contributed by atoms with Crippen LogP contribution in [0.5, 0.6) is 0 Å². The van der Waals surface area contributed by atoms with Gasteiger partial charge in [-0.05, 0) is 36.8 Å². The summed E-state index contributed by atoms with van der Waals surface area (Å²) in [7, 11) is 0. The van der Waals surface area contributed by atoms with E-state index in [0.717, 1.165) is 24.8 Å². The number of nitrogens with one attached hydrogen (secondary N) is 1. The van der Waals surface area contributed by atoms with Crippen molar-refractivity contribution < 1.29 is 13.2 Å². The van der Waals surface area contributed by atoms with E-state index < -0.39 is 17.5 Å². The lowest BCUT2D eigenvalue weighted by Crippen LogP contribution is -2.20. The minimum Gasteiger partial charge on any atom is -0.382 e. The van der Waals surface area contributed by atoms with Crippen LogP contribution in [0.2, 0.25) is 0 Å². The van der Waals surface area contributed by atoms with Crippen molar-refractivity contribution in [3.05, 3.63) is 29.6 Å². The Morgan fingerprint density at radius 3 is 2.39 bits per heavy atom. The maximum absolute atomic E-state index is 13.4. The van der Waals surface area contributed by atoms with Crippen LogP contribution in [-0.4, -0.2) is 6.54 Å². The van der Waals surface area contributed by atoms with Gasteiger partial charge in [0.05, 0.1) is 5.69 Å². The van der Waals surface area contributed by atoms with E-state index in [1.165, 1.54) is 18.9 Å². The summed E-state index contributed by atoms with van der Waals surface area (Å²) in [6.45, 7) is 2.85. The molecule has 1 aliphatic carbocycles. The minimum atomic E-state index is -1.41. The van der Waals surface area contributed by atoms with E-state index in [1.54, 1.807) is 0 Å². The van der Waals surface area contributed by atoms with Gasteiger partial charge >= 0.3 is 0 Å². The first kappa shape index (κ1) is 13.2. The van der Waals surface area contributed by atoms with Crippen LogP contribution in [0.4, 0.5) is 18.9 Å². The van der Waals surface area contributed by atoms with Gasteiger partial charge in [-0.2, -0.15) is 0 Å². The number of benzene rings is 1. The second-order valence-electron chi connectivity index (χ2n) is 5.23. The van der Waals surface area contributed by atoms with E-state index in [0.29, 0.717) is 12.5 Å². The molecule has 0 unspecified atom stereocenters. The van der Waals surface area contributed by atoms with Crippen LogP contribution in [0.1, 0.15) is 32.6 Å². The third kappa shape index (κ3) is 2.98. The average Bonchev–Trinajstić information content (AvgIpc) is 2.37. The zero-order valence-electron chi connectivity index (χ0n) is 10.5. The van der Waals surface area contributed by atoms with E-state index in [4.69, 9.17) is 0 Å². The zero-order chi connectivity index (χ0) is 13.1. The Morgan fingerprint density at radius 2 is 1.72 bits per heavy atom. The molecule has 0 heterocycles. The standard InChI is InChI=1S/C14H18F3N/c1-9-2-4-10(5-3-9)8-18-12-7-6-11(15)13(16)14(12)17/h6-7,9-10,18H,2-5,8H2,1H3. The Hall–Kier alpha value is -1.19. The van der Waals surface area contributed by atoms with Gasteiger partial charge in [-0.1, -0.05) is 19.8 Å². The van der Waals surface area contributed by atoms with Gasteiger partial charge in [-0.15, -0.1) is 0 Å². The predicted octanol–water partition coefficient (Wildman–Crippen LogP) is 4.34. The molecule has 0 aliphatic heterocycles. The number of rotatable bonds is 3. The first-order valence-electron chi connectivity index (χ1n) is 6.45. The fourth-order valence-electron chi connectivity index (χ4n) is 2.45. The number of hydrogen-bond donors (Lipinski definition) is 1. The van der Waals surface area contributed by atoms with E-state index in [-0.39, 0.29) is 5.69 Å². The molecule has 1 aliphatic rings. The van der Waals surface area contributed by atoms with Crippen molar-refractivity contribution >= 4 is 5.69 Å². The lowest BCUT2D eigenvalue weighted by molar-refractivity contribution is 0.300. The molecule has 0 atom stereocenters. The molecule has 18 heavy (non-hydrogen) atoms. The Labute approximate surface area is 105 Å². The van der Waals surface area contributed by atoms with Gasteiger partial charge in [0.1, 0.15) is 0 Å². The van der Waals surface area contributed by atoms with Crippen molar-refractivity contribution in [2.24, 2.45) is 11.8 Å². The molecule has 1 saturated carbocycles. The van der Waals surface area contributed by atoms with Crippen LogP contribution in [0.25, 0.3) is 0 Å². The molecule has 0 spiro atoms. The van der Waals surface area contributed by atoms with E-state index in [1.807, 2.05) is 0 Å². The molecule has 0 amide bonds. The normalized spacial score (nSPS) is 24.0. The lowest BCUT2D eigenvalue weighted by Gasteiger charge is -2.26. The second-order valence-corrected chi connectivity index (χ2v) is 5.23. The molecule has 0 aromatic heterocycles. The Kier molecular flexibility index (Phi) is 4.15. The van der Waals surface area contributed by atoms with Crippen LogP contribution >= 0.6 is 0 Å². The van der Waals surface area contributed by atoms with E-state index in [2.05, 4.69) is 12.2 Å². The highest BCUT2D eigenvalue weighted by Gasteiger charge is 2.19. The summed E-state index contributed by atoms with van der Waals surface area (Å²) in [6.07, 6.45) is 4.60. The Bertz CT molecular complexity index is 412. The van der Waals surface area contributed by atoms with Gasteiger partial charge < -0.3 is 5.32 Å². The summed E-state index contributed by atoms with van der Waals surface area (Å²) in [5, 5.41) is 2.88. The van der Waals surface area contributed by atoms with Gasteiger partial charge in [0.15, 0.2) is 17.5 Å². The summed E-state index contributed by atoms with van der Waals surface area (Å²) in [5.74, 6) is -2.42. The fourth-order valence-corrected chi connectivity index (χ4v) is 2.45. The molecule has 0 radical (unpaired) electrons. The van der Waals surface area contributed by atoms with Gasteiger partial charge in [0.25, 0.3) is 0 Å². The highest BCUT2D eigenvalue weighted by atomic mass is 19.2. The highest BCUT2D eigenvalue weighted by molar-refractivity contribution is 5.45. The number of hydrogen-bond acceptors (Lipinski definition) is 1. The van der Waals surface area contributed by atoms with Gasteiger partial charge in [0.2, 0.25) is 0 Å². The highest BCUT2D eigenvalue weighted by Crippen LogP contribution is 2.29. The van der Waals surface area contributed by atoms with Crippen LogP contribution in [0, 0.1) is 29.3 Å². The molecular formula is C14H18F3N. The Morgan fingerprint density at radius 1 is 1.06 bits per heavy atom. The van der Waals surface area contributed by atoms with Crippen LogP contribution in [0.15, 0.2) is 12.1 Å². The van der Waals surface area contributed by atoms with Gasteiger partial charge in [-0.3, -0.25) is 0 Å². The molecule has 0 bridgehead atoms. The second kappa shape index (κ2) is 5.63. The van der Waals surface area contributed by atoms with E-state index >= 15 is 0 Å². The number of halogens is 3. The third-order valence-electron chi connectivity index (χ3n) is 3.75. The molecule has 100 valence electrons. The van der Waals surface area contributed by atoms with Crippen molar-refractivity contribution in [1.29, 1.82) is 0 Å². The predicted molar refractivity (Wildman–Crippen MR) is 65.9 cm³/mol. The summed E-state index contributed by atoms with van der Waals surface area (Å²) in [6, 6.07) is 2.20. The molecular weight excluding hydrogens is 239 g/mol. The van der Waals surface area contributed by atoms with Crippen molar-refractivity contribution in [3.8, 4) is 0 Å². The fraction of sp³-hybridized carbons (Fsp3) is 0.571. The monoisotopic (exact) mass is 257 g/mol. The van der Waals surface area contributed by atoms with Crippen LogP contribution < -0.4 is 5.32 Å². The molecule has 1 fully saturated rings. The molecule has 1 nitrogen and oxygen atoms in total. The van der Waals surface area contributed by atoms with Crippen molar-refractivity contribution in [3.63, 3.8) is 0 Å². The van der Waals surface area contributed by atoms with Crippen LogP contribution in [-0.2, 0) is 0 Å². The average molecular weight is 257 g/mol. The first-order valence-corrected chi connectivity index (χ1v) is 6.45. The summed E-state index contributed by atoms with van der Waals surface area (Å²) in [4.78, 5) is 0. The minimum absolute atomic E-state index is 0.0486. The van der Waals surface area contributed by atoms with Crippen LogP contribution in [0.3, 0.4) is 0 Å². The lowest BCUT2D eigenvalue weighted by atomic mass is 9.83. The molecule has 2 rings (SSSR count). The SMILES string of the molecule is CC1CCC(CNc2ccc(F)c(F)c2F)CC1. The molecule has 1 N–H and O–H groups in total. The van der Waals surface area contributed by atoms with Gasteiger partial charge in [-0.25, -0.2) is 13.2 Å². The smallest absolute Gasteiger partial charge is 0.196 e. The molecule has 1 aromatic rings. The first-order chi connectivity index (χ1) is 8.58. The summed E-state index contributed by atoms with van der Waals surface area (Å²) < 4.78 is 39.2. The summed E-state index contributed by atoms with van der Waals surface area (Å²) >= 11 is 0. The van der Waals surface area contributed by atoms with Gasteiger partial charge in [0, 0.05) is 6.54 Å². The van der Waals surface area contributed by atoms with Crippen molar-refractivity contribution in [2.75, 3.05) is 11.9 Å². The number of anilines is 1. The molecule has 1 aromatic carbocycles. The van der Waals surface area contributed by atoms with Crippen molar-refractivity contribution in [2.45, 2.75) is 32.6 Å². The quantitative estimate of drug-likeness (QED) is 0.794. The maximum Gasteiger partial charge on any atom is 0.196 e. The molecule has 0 saturated heterocycles. The third-order valence-corrected chi connectivity index (χ3v) is 3.75. The topological polar surface area (TPSA) is 12.0 Å². The largest absolute Gasteiger partial charge is 0.382 e. The van der Waals surface area contributed by atoms with E-state index in [9.17, 15) is 13.2 Å². The maximum atomic E-state index is 13.4.